The first-order chi connectivity index (χ1) is 6.63. The number of hydrogen-bond donors (Lipinski definition) is 2. The van der Waals surface area contributed by atoms with Crippen molar-refractivity contribution in [3.05, 3.63) is 23.8 Å². The summed E-state index contributed by atoms with van der Waals surface area (Å²) in [6, 6.07) is 5.87. The average Bonchev–Trinajstić information content (AvgIpc) is 2.12. The Balaban J connectivity index is 2.63. The molecule has 0 aliphatic rings. The molecule has 14 heavy (non-hydrogen) atoms. The third kappa shape index (κ3) is 2.92. The van der Waals surface area contributed by atoms with Crippen molar-refractivity contribution in [2.24, 2.45) is 0 Å². The topological polar surface area (TPSA) is 47.3 Å². The van der Waals surface area contributed by atoms with Crippen LogP contribution in [0.1, 0.15) is 19.4 Å². The summed E-state index contributed by atoms with van der Waals surface area (Å²) < 4.78 is 5.37. The molecule has 3 heteroatoms. The summed E-state index contributed by atoms with van der Waals surface area (Å²) in [6.45, 7) is 6.66. The number of nitrogens with one attached hydrogen (secondary N) is 1. The lowest BCUT2D eigenvalue weighted by atomic mass is 10.2. The van der Waals surface area contributed by atoms with Crippen molar-refractivity contribution in [3.8, 4) is 0 Å². The highest BCUT2D eigenvalue weighted by Gasteiger charge is 2.01. The van der Waals surface area contributed by atoms with Gasteiger partial charge in [-0.2, -0.15) is 0 Å². The first-order valence-corrected chi connectivity index (χ1v) is 4.87. The molecule has 0 aliphatic carbocycles. The van der Waals surface area contributed by atoms with Gasteiger partial charge in [-0.25, -0.2) is 0 Å². The predicted octanol–water partition coefficient (Wildman–Crippen LogP) is 2.37. The van der Waals surface area contributed by atoms with Crippen LogP contribution in [0.3, 0.4) is 0 Å². The summed E-state index contributed by atoms with van der Waals surface area (Å²) >= 11 is 0. The summed E-state index contributed by atoms with van der Waals surface area (Å²) in [7, 11) is 0. The van der Waals surface area contributed by atoms with Gasteiger partial charge < -0.3 is 15.8 Å². The molecule has 1 unspecified atom stereocenters. The molecule has 0 spiro atoms. The quantitative estimate of drug-likeness (QED) is 0.571. The van der Waals surface area contributed by atoms with Gasteiger partial charge in [-0.15, -0.1) is 0 Å². The van der Waals surface area contributed by atoms with Crippen molar-refractivity contribution in [1.82, 2.24) is 0 Å². The van der Waals surface area contributed by atoms with E-state index in [9.17, 15) is 0 Å². The number of benzene rings is 1. The van der Waals surface area contributed by atoms with Crippen LogP contribution in [-0.2, 0) is 4.74 Å². The summed E-state index contributed by atoms with van der Waals surface area (Å²) in [4.78, 5) is 0. The Morgan fingerprint density at radius 3 is 2.79 bits per heavy atom. The molecule has 3 N–H and O–H groups in total. The Kier molecular flexibility index (Phi) is 3.77. The lowest BCUT2D eigenvalue weighted by Gasteiger charge is -2.15. The molecule has 0 saturated heterocycles. The highest BCUT2D eigenvalue weighted by Crippen LogP contribution is 2.17. The monoisotopic (exact) mass is 194 g/mol. The Bertz CT molecular complexity index is 299. The van der Waals surface area contributed by atoms with E-state index in [1.807, 2.05) is 39.0 Å². The van der Waals surface area contributed by atoms with E-state index in [4.69, 9.17) is 10.5 Å². The Hall–Kier alpha value is -1.22. The molecule has 0 fully saturated rings. The van der Waals surface area contributed by atoms with Gasteiger partial charge in [0.05, 0.1) is 0 Å². The summed E-state index contributed by atoms with van der Waals surface area (Å²) in [5.41, 5.74) is 8.66. The minimum absolute atomic E-state index is 0.0306. The zero-order chi connectivity index (χ0) is 10.6. The highest BCUT2D eigenvalue weighted by atomic mass is 16.5. The molecular formula is C11H18N2O. The van der Waals surface area contributed by atoms with Crippen LogP contribution in [-0.4, -0.2) is 12.8 Å². The van der Waals surface area contributed by atoms with Crippen molar-refractivity contribution < 1.29 is 4.74 Å². The largest absolute Gasteiger partial charge is 0.399 e. The van der Waals surface area contributed by atoms with E-state index in [1.165, 1.54) is 0 Å². The van der Waals surface area contributed by atoms with Gasteiger partial charge in [0.2, 0.25) is 0 Å². The van der Waals surface area contributed by atoms with Crippen molar-refractivity contribution >= 4 is 11.4 Å². The van der Waals surface area contributed by atoms with Gasteiger partial charge in [0.1, 0.15) is 6.23 Å². The van der Waals surface area contributed by atoms with Gasteiger partial charge in [0.15, 0.2) is 0 Å². The molecule has 1 rings (SSSR count). The van der Waals surface area contributed by atoms with E-state index in [1.54, 1.807) is 0 Å². The zero-order valence-corrected chi connectivity index (χ0v) is 9.00. The minimum atomic E-state index is 0.0306. The normalized spacial score (nSPS) is 12.5. The second kappa shape index (κ2) is 4.86. The lowest BCUT2D eigenvalue weighted by Crippen LogP contribution is -2.18. The maximum Gasteiger partial charge on any atom is 0.124 e. The number of nitrogens with two attached hydrogens (primary N) is 1. The fourth-order valence-electron chi connectivity index (χ4n) is 1.29. The maximum absolute atomic E-state index is 5.72. The molecule has 1 aromatic rings. The van der Waals surface area contributed by atoms with Crippen LogP contribution in [0.15, 0.2) is 18.2 Å². The lowest BCUT2D eigenvalue weighted by molar-refractivity contribution is 0.0961. The Labute approximate surface area is 85.3 Å². The van der Waals surface area contributed by atoms with Crippen molar-refractivity contribution in [2.75, 3.05) is 17.7 Å². The van der Waals surface area contributed by atoms with Crippen LogP contribution in [0.25, 0.3) is 0 Å². The number of aryl methyl sites for hydroxylation is 1. The fraction of sp³-hybridized carbons (Fsp3) is 0.455. The van der Waals surface area contributed by atoms with E-state index >= 15 is 0 Å². The smallest absolute Gasteiger partial charge is 0.124 e. The van der Waals surface area contributed by atoms with E-state index in [0.717, 1.165) is 16.9 Å². The second-order valence-electron chi connectivity index (χ2n) is 3.31. The SMILES string of the molecule is CCOC(C)Nc1ccc(N)c(C)c1. The molecule has 1 atom stereocenters. The van der Waals surface area contributed by atoms with Crippen LogP contribution < -0.4 is 11.1 Å². The Morgan fingerprint density at radius 1 is 1.50 bits per heavy atom. The molecule has 0 aromatic heterocycles. The third-order valence-corrected chi connectivity index (χ3v) is 2.06. The number of anilines is 2. The van der Waals surface area contributed by atoms with E-state index in [2.05, 4.69) is 5.32 Å². The standard InChI is InChI=1S/C11H18N2O/c1-4-14-9(3)13-10-5-6-11(12)8(2)7-10/h5-7,9,13H,4,12H2,1-3H3. The third-order valence-electron chi connectivity index (χ3n) is 2.06. The van der Waals surface area contributed by atoms with Gasteiger partial charge in [0, 0.05) is 18.0 Å². The van der Waals surface area contributed by atoms with Crippen LogP contribution in [0.2, 0.25) is 0 Å². The van der Waals surface area contributed by atoms with E-state index in [-0.39, 0.29) is 6.23 Å². The number of rotatable bonds is 4. The first-order valence-electron chi connectivity index (χ1n) is 4.87. The van der Waals surface area contributed by atoms with Crippen molar-refractivity contribution in [3.63, 3.8) is 0 Å². The summed E-state index contributed by atoms with van der Waals surface area (Å²) in [6.07, 6.45) is 0.0306. The van der Waals surface area contributed by atoms with Crippen LogP contribution in [0, 0.1) is 6.92 Å². The van der Waals surface area contributed by atoms with Crippen molar-refractivity contribution in [2.45, 2.75) is 27.0 Å². The van der Waals surface area contributed by atoms with Gasteiger partial charge in [-0.1, -0.05) is 0 Å². The molecule has 0 aliphatic heterocycles. The summed E-state index contributed by atoms with van der Waals surface area (Å²) in [5.74, 6) is 0. The zero-order valence-electron chi connectivity index (χ0n) is 9.00. The molecular weight excluding hydrogens is 176 g/mol. The number of hydrogen-bond acceptors (Lipinski definition) is 3. The van der Waals surface area contributed by atoms with E-state index in [0.29, 0.717) is 6.61 Å². The van der Waals surface area contributed by atoms with Crippen LogP contribution in [0.4, 0.5) is 11.4 Å². The predicted molar refractivity (Wildman–Crippen MR) is 60.3 cm³/mol. The van der Waals surface area contributed by atoms with E-state index < -0.39 is 0 Å². The van der Waals surface area contributed by atoms with Crippen LogP contribution in [0.5, 0.6) is 0 Å². The number of ether oxygens (including phenoxy) is 1. The van der Waals surface area contributed by atoms with Crippen LogP contribution >= 0.6 is 0 Å². The Morgan fingerprint density at radius 2 is 2.21 bits per heavy atom. The first kappa shape index (κ1) is 10.9. The molecule has 1 aromatic carbocycles. The average molecular weight is 194 g/mol. The van der Waals surface area contributed by atoms with Crippen molar-refractivity contribution in [1.29, 1.82) is 0 Å². The summed E-state index contributed by atoms with van der Waals surface area (Å²) in [5, 5.41) is 3.23. The molecule has 78 valence electrons. The van der Waals surface area contributed by atoms with Gasteiger partial charge in [0.25, 0.3) is 0 Å². The van der Waals surface area contributed by atoms with Gasteiger partial charge in [-0.05, 0) is 44.5 Å². The minimum Gasteiger partial charge on any atom is -0.399 e. The second-order valence-corrected chi connectivity index (χ2v) is 3.31. The fourth-order valence-corrected chi connectivity index (χ4v) is 1.29. The maximum atomic E-state index is 5.72. The van der Waals surface area contributed by atoms with Gasteiger partial charge >= 0.3 is 0 Å². The van der Waals surface area contributed by atoms with Gasteiger partial charge in [-0.3, -0.25) is 0 Å². The molecule has 0 bridgehead atoms. The number of nitrogen functional groups attached to an aromatic ring is 1. The molecule has 0 radical (unpaired) electrons. The molecule has 0 heterocycles. The highest BCUT2D eigenvalue weighted by molar-refractivity contribution is 5.56. The molecule has 0 amide bonds. The molecule has 0 saturated carbocycles. The molecule has 3 nitrogen and oxygen atoms in total.